The molecule has 9 heteroatoms. The number of nitrogens with one attached hydrogen (secondary N) is 3. The van der Waals surface area contributed by atoms with Crippen molar-refractivity contribution in [1.29, 1.82) is 0 Å². The maximum Gasteiger partial charge on any atom is 0.319 e. The molecule has 4 rings (SSSR count). The zero-order valence-electron chi connectivity index (χ0n) is 17.0. The lowest BCUT2D eigenvalue weighted by atomic mass is 10.1. The maximum atomic E-state index is 11.7. The number of benzene rings is 1. The first-order valence-electron chi connectivity index (χ1n) is 9.88. The number of nitrogens with zero attached hydrogens (tertiary/aromatic N) is 4. The van der Waals surface area contributed by atoms with E-state index in [2.05, 4.69) is 25.8 Å². The van der Waals surface area contributed by atoms with Crippen LogP contribution in [0.1, 0.15) is 19.4 Å². The van der Waals surface area contributed by atoms with E-state index >= 15 is 0 Å². The smallest absolute Gasteiger partial charge is 0.319 e. The predicted molar refractivity (Wildman–Crippen MR) is 113 cm³/mol. The Morgan fingerprint density at radius 3 is 2.69 bits per heavy atom. The van der Waals surface area contributed by atoms with Crippen LogP contribution in [0.3, 0.4) is 0 Å². The van der Waals surface area contributed by atoms with Gasteiger partial charge in [0.05, 0.1) is 19.6 Å². The van der Waals surface area contributed by atoms with E-state index in [1.165, 1.54) is 0 Å². The molecule has 0 radical (unpaired) electrons. The number of amidine groups is 1. The van der Waals surface area contributed by atoms with E-state index in [1.807, 2.05) is 56.4 Å². The number of amides is 2. The van der Waals surface area contributed by atoms with Gasteiger partial charge in [0, 0.05) is 37.9 Å². The Balaban J connectivity index is 1.60. The minimum atomic E-state index is -0.666. The van der Waals surface area contributed by atoms with Gasteiger partial charge in [-0.3, -0.25) is 0 Å². The summed E-state index contributed by atoms with van der Waals surface area (Å²) in [4.78, 5) is 25.6. The third-order valence-electron chi connectivity index (χ3n) is 5.16. The highest BCUT2D eigenvalue weighted by atomic mass is 16.5. The van der Waals surface area contributed by atoms with Crippen LogP contribution in [0.25, 0.3) is 0 Å². The lowest BCUT2D eigenvalue weighted by molar-refractivity contribution is 0.0496. The van der Waals surface area contributed by atoms with Gasteiger partial charge in [0.2, 0.25) is 0 Å². The number of fused-ring (bicyclic) bond motifs is 1. The highest BCUT2D eigenvalue weighted by molar-refractivity contribution is 6.02. The molecule has 1 aromatic carbocycles. The van der Waals surface area contributed by atoms with E-state index in [0.717, 1.165) is 41.7 Å². The summed E-state index contributed by atoms with van der Waals surface area (Å²) in [5.74, 6) is 1.78. The fourth-order valence-corrected chi connectivity index (χ4v) is 3.74. The number of hydrogen-bond donors (Lipinski definition) is 3. The molecule has 0 saturated carbocycles. The Kier molecular flexibility index (Phi) is 5.14. The van der Waals surface area contributed by atoms with Crippen LogP contribution in [-0.2, 0) is 4.74 Å². The summed E-state index contributed by atoms with van der Waals surface area (Å²) in [5.41, 5.74) is 2.03. The number of urea groups is 1. The molecule has 3 aliphatic heterocycles. The molecule has 3 N–H and O–H groups in total. The van der Waals surface area contributed by atoms with Crippen LogP contribution in [0.2, 0.25) is 0 Å². The van der Waals surface area contributed by atoms with Crippen molar-refractivity contribution in [2.45, 2.75) is 19.5 Å². The minimum Gasteiger partial charge on any atom is -0.378 e. The van der Waals surface area contributed by atoms with Crippen LogP contribution in [0, 0.1) is 0 Å². The second-order valence-corrected chi connectivity index (χ2v) is 7.32. The molecule has 0 aliphatic carbocycles. The number of anilines is 1. The van der Waals surface area contributed by atoms with E-state index < -0.39 is 5.66 Å². The number of likely N-dealkylation sites (N-methyl/N-ethyl adjacent to an activating group) is 1. The minimum absolute atomic E-state index is 0.216. The van der Waals surface area contributed by atoms with Crippen molar-refractivity contribution in [3.63, 3.8) is 0 Å². The lowest BCUT2D eigenvalue weighted by Gasteiger charge is -2.39. The van der Waals surface area contributed by atoms with E-state index in [4.69, 9.17) is 9.73 Å². The quantitative estimate of drug-likeness (QED) is 0.714. The molecule has 1 fully saturated rings. The summed E-state index contributed by atoms with van der Waals surface area (Å²) in [7, 11) is 1.99. The second-order valence-electron chi connectivity index (χ2n) is 7.32. The van der Waals surface area contributed by atoms with Gasteiger partial charge in [0.25, 0.3) is 0 Å². The highest BCUT2D eigenvalue weighted by Gasteiger charge is 2.42. The van der Waals surface area contributed by atoms with Crippen molar-refractivity contribution in [3.8, 4) is 0 Å². The van der Waals surface area contributed by atoms with Gasteiger partial charge in [-0.25, -0.2) is 14.8 Å². The van der Waals surface area contributed by atoms with Crippen LogP contribution < -0.4 is 16.0 Å². The molecule has 29 heavy (non-hydrogen) atoms. The molecular weight excluding hydrogens is 370 g/mol. The van der Waals surface area contributed by atoms with Gasteiger partial charge in [-0.1, -0.05) is 0 Å². The molecule has 0 bridgehead atoms. The first-order valence-corrected chi connectivity index (χ1v) is 9.88. The number of carbonyl (C=O) groups is 1. The Morgan fingerprint density at radius 1 is 1.28 bits per heavy atom. The van der Waals surface area contributed by atoms with Gasteiger partial charge in [-0.05, 0) is 38.1 Å². The van der Waals surface area contributed by atoms with Gasteiger partial charge in [-0.15, -0.1) is 0 Å². The number of rotatable bonds is 4. The molecule has 2 amide bonds. The molecule has 1 aromatic rings. The first-order chi connectivity index (χ1) is 14.0. The monoisotopic (exact) mass is 397 g/mol. The normalized spacial score (nSPS) is 23.5. The fraction of sp³-hybridized carbons (Fsp3) is 0.450. The van der Waals surface area contributed by atoms with Crippen molar-refractivity contribution in [2.75, 3.05) is 45.2 Å². The third kappa shape index (κ3) is 3.77. The molecule has 1 atom stereocenters. The maximum absolute atomic E-state index is 11.7. The molecule has 1 saturated heterocycles. The molecule has 154 valence electrons. The summed E-state index contributed by atoms with van der Waals surface area (Å²) in [5, 5.41) is 9.06. The average molecular weight is 397 g/mol. The van der Waals surface area contributed by atoms with Gasteiger partial charge in [0.1, 0.15) is 17.4 Å². The van der Waals surface area contributed by atoms with Crippen LogP contribution >= 0.6 is 0 Å². The van der Waals surface area contributed by atoms with Crippen LogP contribution in [0.4, 0.5) is 10.5 Å². The lowest BCUT2D eigenvalue weighted by Crippen LogP contribution is -2.49. The second kappa shape index (κ2) is 7.75. The summed E-state index contributed by atoms with van der Waals surface area (Å²) < 4.78 is 5.52. The number of morpholine rings is 1. The van der Waals surface area contributed by atoms with Gasteiger partial charge < -0.3 is 30.5 Å². The topological polar surface area (TPSA) is 93.6 Å². The van der Waals surface area contributed by atoms with Crippen molar-refractivity contribution in [3.05, 3.63) is 41.3 Å². The van der Waals surface area contributed by atoms with Crippen LogP contribution in [0.15, 0.2) is 45.8 Å². The standard InChI is InChI=1S/C20H27N7O2/c1-4-21-19(28)23-15-7-5-14(6-8-15)17-24-18(27-9-11-29-12-10-27)16-20(2,25-17)22-13-26(16)3/h5-8,13H,4,9-12H2,1-3H3,(H,24,25)(H2,21,23,28). The molecule has 3 aliphatic rings. The summed E-state index contributed by atoms with van der Waals surface area (Å²) >= 11 is 0. The Labute approximate surface area is 170 Å². The number of carbonyl (C=O) groups excluding carboxylic acids is 1. The summed E-state index contributed by atoms with van der Waals surface area (Å²) in [6, 6.07) is 7.41. The van der Waals surface area contributed by atoms with Gasteiger partial charge >= 0.3 is 6.03 Å². The SMILES string of the molecule is CCNC(=O)Nc1ccc(C2=NC3(C)N=CN(C)C3=C(N3CCOCC3)N2)cc1. The number of aliphatic imine (C=N–C) groups is 2. The third-order valence-corrected chi connectivity index (χ3v) is 5.16. The number of ether oxygens (including phenoxy) is 1. The molecule has 9 nitrogen and oxygen atoms in total. The Morgan fingerprint density at radius 2 is 2.00 bits per heavy atom. The largest absolute Gasteiger partial charge is 0.378 e. The van der Waals surface area contributed by atoms with E-state index in [9.17, 15) is 4.79 Å². The molecule has 0 spiro atoms. The van der Waals surface area contributed by atoms with Crippen molar-refractivity contribution >= 4 is 23.9 Å². The molecule has 0 aromatic heterocycles. The predicted octanol–water partition coefficient (Wildman–Crippen LogP) is 1.37. The van der Waals surface area contributed by atoms with Crippen molar-refractivity contribution in [2.24, 2.45) is 9.98 Å². The average Bonchev–Trinajstić information content (AvgIpc) is 3.03. The van der Waals surface area contributed by atoms with Crippen molar-refractivity contribution in [1.82, 2.24) is 20.4 Å². The highest BCUT2D eigenvalue weighted by Crippen LogP contribution is 2.36. The summed E-state index contributed by atoms with van der Waals surface area (Å²) in [6.07, 6.45) is 1.82. The van der Waals surface area contributed by atoms with E-state index in [1.54, 1.807) is 0 Å². The molecule has 1 unspecified atom stereocenters. The van der Waals surface area contributed by atoms with Gasteiger partial charge in [0.15, 0.2) is 5.66 Å². The van der Waals surface area contributed by atoms with E-state index in [-0.39, 0.29) is 6.03 Å². The molecular formula is C20H27N7O2. The van der Waals surface area contributed by atoms with E-state index in [0.29, 0.717) is 19.8 Å². The van der Waals surface area contributed by atoms with Gasteiger partial charge in [-0.2, -0.15) is 0 Å². The summed E-state index contributed by atoms with van der Waals surface area (Å²) in [6.45, 7) is 7.52. The first kappa shape index (κ1) is 19.3. The van der Waals surface area contributed by atoms with Crippen LogP contribution in [0.5, 0.6) is 0 Å². The zero-order chi connectivity index (χ0) is 20.4. The molecule has 3 heterocycles. The Hall–Kier alpha value is -3.07. The fourth-order valence-electron chi connectivity index (χ4n) is 3.74. The van der Waals surface area contributed by atoms with Crippen molar-refractivity contribution < 1.29 is 9.53 Å². The Bertz CT molecular complexity index is 871. The van der Waals surface area contributed by atoms with Crippen LogP contribution in [-0.4, -0.2) is 73.6 Å². The zero-order valence-corrected chi connectivity index (χ0v) is 17.0. The number of hydrogen-bond acceptors (Lipinski definition) is 7.